The first kappa shape index (κ1) is 32.8. The molecule has 0 spiro atoms. The van der Waals surface area contributed by atoms with Crippen molar-refractivity contribution in [2.24, 2.45) is 0 Å². The molecule has 22 heteroatoms. The van der Waals surface area contributed by atoms with Crippen molar-refractivity contribution >= 4 is 27.3 Å². The summed E-state index contributed by atoms with van der Waals surface area (Å²) in [5.41, 5.74) is 6.22. The minimum atomic E-state index is -3.75. The molecule has 2 aromatic heterocycles. The van der Waals surface area contributed by atoms with Crippen LogP contribution >= 0.6 is 15.6 Å². The second kappa shape index (κ2) is 11.7. The van der Waals surface area contributed by atoms with Gasteiger partial charge in [0.05, 0.1) is 13.2 Å². The molecule has 0 bridgehead atoms. The molecule has 0 aromatic carbocycles. The minimum Gasteiger partial charge on any atom is -0.383 e. The van der Waals surface area contributed by atoms with Gasteiger partial charge in [0.2, 0.25) is 0 Å². The highest BCUT2D eigenvalue weighted by Gasteiger charge is 2.61. The number of hydrogen-bond acceptors (Lipinski definition) is 18. The molecule has 44 heavy (non-hydrogen) atoms. The largest absolute Gasteiger partial charge is 0.475 e. The van der Waals surface area contributed by atoms with Crippen molar-refractivity contribution in [1.82, 2.24) is 19.1 Å². The van der Waals surface area contributed by atoms with E-state index >= 15 is 0 Å². The fraction of sp³-hybridized carbons (Fsp3) is 0.636. The Morgan fingerprint density at radius 3 is 1.50 bits per heavy atom. The van der Waals surface area contributed by atoms with Crippen LogP contribution in [0, 0.1) is 0 Å². The van der Waals surface area contributed by atoms with Gasteiger partial charge in [-0.1, -0.05) is 0 Å². The van der Waals surface area contributed by atoms with Crippen LogP contribution in [0.1, 0.15) is 26.3 Å². The van der Waals surface area contributed by atoms with Crippen LogP contribution in [0.25, 0.3) is 0 Å². The number of ether oxygens (including phenoxy) is 2. The Labute approximate surface area is 248 Å². The van der Waals surface area contributed by atoms with Crippen LogP contribution in [0.3, 0.4) is 0 Å². The van der Waals surface area contributed by atoms with E-state index in [9.17, 15) is 28.9 Å². The predicted octanol–water partition coefficient (Wildman–Crippen LogP) is -0.712. The third-order valence-corrected chi connectivity index (χ3v) is 10.2. The average Bonchev–Trinajstić information content (AvgIpc) is 3.37. The molecule has 6 heterocycles. The summed E-state index contributed by atoms with van der Waals surface area (Å²) < 4.78 is 67.5. The molecular weight excluding hydrogens is 634 g/mol. The lowest BCUT2D eigenvalue weighted by molar-refractivity contribution is -0.0937. The molecule has 0 aliphatic carbocycles. The number of phosphoric ester groups is 2. The van der Waals surface area contributed by atoms with Crippen LogP contribution in [0.4, 0.5) is 11.6 Å². The van der Waals surface area contributed by atoms with Gasteiger partial charge >= 0.3 is 27.0 Å². The Morgan fingerprint density at radius 1 is 0.818 bits per heavy atom. The summed E-state index contributed by atoms with van der Waals surface area (Å²) in [7, 11) is -5.13. The molecular formula is C22H32N6O14P2. The lowest BCUT2D eigenvalue weighted by atomic mass is 9.96. The number of aliphatic hydroxyl groups is 2. The van der Waals surface area contributed by atoms with Crippen LogP contribution in [0.5, 0.6) is 0 Å². The highest BCUT2D eigenvalue weighted by Crippen LogP contribution is 2.59. The molecule has 4 saturated heterocycles. The van der Waals surface area contributed by atoms with Crippen molar-refractivity contribution < 1.29 is 56.0 Å². The van der Waals surface area contributed by atoms with Crippen molar-refractivity contribution in [2.75, 3.05) is 38.9 Å². The van der Waals surface area contributed by atoms with Crippen molar-refractivity contribution in [3.63, 3.8) is 0 Å². The second-order valence-corrected chi connectivity index (χ2v) is 14.0. The van der Waals surface area contributed by atoms with Crippen molar-refractivity contribution in [2.45, 2.75) is 61.9 Å². The molecule has 0 amide bonds. The lowest BCUT2D eigenvalue weighted by Gasteiger charge is -2.34. The van der Waals surface area contributed by atoms with Gasteiger partial charge in [-0.3, -0.25) is 36.3 Å². The normalized spacial score (nSPS) is 41.3. The molecule has 0 unspecified atom stereocenters. The van der Waals surface area contributed by atoms with Crippen molar-refractivity contribution in [3.8, 4) is 0 Å². The summed E-state index contributed by atoms with van der Waals surface area (Å²) in [4.78, 5) is 31.0. The van der Waals surface area contributed by atoms with E-state index in [1.165, 1.54) is 52.6 Å². The highest BCUT2D eigenvalue weighted by molar-refractivity contribution is 7.48. The monoisotopic (exact) mass is 666 g/mol. The van der Waals surface area contributed by atoms with Crippen LogP contribution < -0.4 is 22.8 Å². The van der Waals surface area contributed by atoms with Crippen LogP contribution in [-0.4, -0.2) is 92.4 Å². The summed E-state index contributed by atoms with van der Waals surface area (Å²) in [5.74, 6) is 0.111. The maximum atomic E-state index is 12.1. The summed E-state index contributed by atoms with van der Waals surface area (Å²) >= 11 is 0. The van der Waals surface area contributed by atoms with Crippen LogP contribution in [0.2, 0.25) is 0 Å². The van der Waals surface area contributed by atoms with Crippen molar-refractivity contribution in [1.29, 1.82) is 0 Å². The van der Waals surface area contributed by atoms with E-state index in [2.05, 4.69) is 9.97 Å². The van der Waals surface area contributed by atoms with Gasteiger partial charge in [-0.25, -0.2) is 18.7 Å². The molecule has 244 valence electrons. The SMILES string of the molecule is CO[P@@]1(=O)OC[C@H]2O[C@@H](n3ccc(N)nc3=O)[C@](C)(O)[C@@H]2O1.CO[P@]1(=O)OC[C@H]2O[C@@H](n3ccc(N)nc3=O)[C@](C)(O)[C@@H]2O1. The van der Waals surface area contributed by atoms with Gasteiger partial charge < -0.3 is 31.2 Å². The van der Waals surface area contributed by atoms with Gasteiger partial charge in [-0.15, -0.1) is 0 Å². The van der Waals surface area contributed by atoms with Gasteiger partial charge in [0.1, 0.15) is 47.3 Å². The van der Waals surface area contributed by atoms with Gasteiger partial charge in [-0.05, 0) is 26.0 Å². The Balaban J connectivity index is 0.000000175. The summed E-state index contributed by atoms with van der Waals surface area (Å²) in [5, 5.41) is 21.4. The minimum absolute atomic E-state index is 0.0553. The average molecular weight is 666 g/mol. The van der Waals surface area contributed by atoms with Gasteiger partial charge in [0.15, 0.2) is 12.5 Å². The van der Waals surface area contributed by atoms with E-state index in [1.807, 2.05) is 0 Å². The number of nitrogen functional groups attached to an aromatic ring is 2. The zero-order valence-electron chi connectivity index (χ0n) is 23.8. The fourth-order valence-corrected chi connectivity index (χ4v) is 7.57. The van der Waals surface area contributed by atoms with E-state index in [-0.39, 0.29) is 24.8 Å². The standard InChI is InChI=1S/2C11H16N3O7P/c2*1-11(16)8-6(5-19-22(17,18-2)21-8)20-9(11)14-4-3-7(12)13-10(14)15/h2*3-4,6,8-9,16H,5H2,1-2H3,(H2,12,13,15)/t6-,8-,9-,11-,22+;6-,8-,9-,11-,22-/m11/s1. The molecule has 4 aliphatic rings. The quantitative estimate of drug-likeness (QED) is 0.293. The van der Waals surface area contributed by atoms with E-state index in [4.69, 9.17) is 48.1 Å². The third-order valence-electron chi connectivity index (χ3n) is 7.37. The van der Waals surface area contributed by atoms with E-state index in [0.29, 0.717) is 0 Å². The summed E-state index contributed by atoms with van der Waals surface area (Å²) in [6.45, 7) is 2.63. The predicted molar refractivity (Wildman–Crippen MR) is 146 cm³/mol. The van der Waals surface area contributed by atoms with Gasteiger partial charge in [0.25, 0.3) is 0 Å². The van der Waals surface area contributed by atoms with Gasteiger partial charge in [-0.2, -0.15) is 9.97 Å². The molecule has 20 nitrogen and oxygen atoms in total. The van der Waals surface area contributed by atoms with Crippen molar-refractivity contribution in [3.05, 3.63) is 45.5 Å². The van der Waals surface area contributed by atoms with E-state index in [0.717, 1.165) is 9.13 Å². The molecule has 6 N–H and O–H groups in total. The molecule has 0 saturated carbocycles. The molecule has 2 aromatic rings. The number of aromatic nitrogens is 4. The smallest absolute Gasteiger partial charge is 0.383 e. The number of hydrogen-bond donors (Lipinski definition) is 4. The van der Waals surface area contributed by atoms with Gasteiger partial charge in [0, 0.05) is 26.6 Å². The number of nitrogens with zero attached hydrogens (tertiary/aromatic N) is 4. The first-order valence-electron chi connectivity index (χ1n) is 13.0. The zero-order chi connectivity index (χ0) is 32.2. The number of anilines is 2. The van der Waals surface area contributed by atoms with E-state index < -0.39 is 75.1 Å². The Kier molecular flexibility index (Phi) is 8.69. The Hall–Kier alpha value is -2.58. The first-order valence-corrected chi connectivity index (χ1v) is 15.9. The highest BCUT2D eigenvalue weighted by atomic mass is 31.2. The third kappa shape index (κ3) is 5.89. The summed E-state index contributed by atoms with van der Waals surface area (Å²) in [6.07, 6.45) is -2.84. The van der Waals surface area contributed by atoms with E-state index in [1.54, 1.807) is 0 Å². The first-order chi connectivity index (χ1) is 20.5. The Morgan fingerprint density at radius 2 is 1.18 bits per heavy atom. The molecule has 4 fully saturated rings. The van der Waals surface area contributed by atoms with Crippen LogP contribution in [-0.2, 0) is 45.7 Å². The summed E-state index contributed by atoms with van der Waals surface area (Å²) in [6, 6.07) is 2.81. The molecule has 0 radical (unpaired) electrons. The topological polar surface area (TPSA) is 270 Å². The van der Waals surface area contributed by atoms with Crippen LogP contribution in [0.15, 0.2) is 34.1 Å². The zero-order valence-corrected chi connectivity index (χ0v) is 25.6. The lowest BCUT2D eigenvalue weighted by Crippen LogP contribution is -2.48. The molecule has 10 atom stereocenters. The fourth-order valence-electron chi connectivity index (χ4n) is 5.15. The number of rotatable bonds is 4. The molecule has 4 aliphatic heterocycles. The maximum absolute atomic E-state index is 12.1. The number of fused-ring (bicyclic) bond motifs is 2. The number of phosphoric acid groups is 2. The number of nitrogens with two attached hydrogens (primary N) is 2. The second-order valence-electron chi connectivity index (χ2n) is 10.5. The molecule has 6 rings (SSSR count). The Bertz CT molecular complexity index is 1500. The maximum Gasteiger partial charge on any atom is 0.475 e.